The van der Waals surface area contributed by atoms with Crippen LogP contribution in [0.25, 0.3) is 0 Å². The summed E-state index contributed by atoms with van der Waals surface area (Å²) in [6.45, 7) is 0.780. The third kappa shape index (κ3) is 1.93. The van der Waals surface area contributed by atoms with Crippen molar-refractivity contribution in [1.82, 2.24) is 5.32 Å². The lowest BCUT2D eigenvalue weighted by Gasteiger charge is -2.08. The van der Waals surface area contributed by atoms with Crippen molar-refractivity contribution in [1.29, 1.82) is 0 Å². The Balaban J connectivity index is 2.07. The SMILES string of the molecule is O=C1CCNC1Cc1cccc(O)c1. The zero-order valence-corrected chi connectivity index (χ0v) is 7.86. The van der Waals surface area contributed by atoms with E-state index in [1.54, 1.807) is 18.2 Å². The van der Waals surface area contributed by atoms with E-state index in [4.69, 9.17) is 0 Å². The Morgan fingerprint density at radius 1 is 1.50 bits per heavy atom. The van der Waals surface area contributed by atoms with Crippen LogP contribution in [-0.2, 0) is 11.2 Å². The number of benzene rings is 1. The second kappa shape index (κ2) is 3.80. The van der Waals surface area contributed by atoms with Crippen LogP contribution in [0.4, 0.5) is 0 Å². The molecular formula is C11H13NO2. The van der Waals surface area contributed by atoms with E-state index in [-0.39, 0.29) is 17.6 Å². The molecule has 1 fully saturated rings. The molecule has 74 valence electrons. The van der Waals surface area contributed by atoms with E-state index in [9.17, 15) is 9.90 Å². The first kappa shape index (κ1) is 9.21. The monoisotopic (exact) mass is 191 g/mol. The van der Waals surface area contributed by atoms with Crippen LogP contribution in [0, 0.1) is 0 Å². The Labute approximate surface area is 82.8 Å². The Morgan fingerprint density at radius 2 is 2.36 bits per heavy atom. The van der Waals surface area contributed by atoms with Crippen LogP contribution in [0.3, 0.4) is 0 Å². The summed E-state index contributed by atoms with van der Waals surface area (Å²) in [6.07, 6.45) is 1.30. The van der Waals surface area contributed by atoms with Crippen LogP contribution in [0.1, 0.15) is 12.0 Å². The quantitative estimate of drug-likeness (QED) is 0.729. The van der Waals surface area contributed by atoms with Crippen LogP contribution < -0.4 is 5.32 Å². The van der Waals surface area contributed by atoms with Gasteiger partial charge in [-0.25, -0.2) is 0 Å². The summed E-state index contributed by atoms with van der Waals surface area (Å²) in [6, 6.07) is 6.99. The van der Waals surface area contributed by atoms with Crippen molar-refractivity contribution in [2.24, 2.45) is 0 Å². The second-order valence-electron chi connectivity index (χ2n) is 3.60. The van der Waals surface area contributed by atoms with Gasteiger partial charge in [-0.15, -0.1) is 0 Å². The van der Waals surface area contributed by atoms with Crippen LogP contribution in [0.15, 0.2) is 24.3 Å². The smallest absolute Gasteiger partial charge is 0.151 e. The van der Waals surface area contributed by atoms with Gasteiger partial charge in [-0.05, 0) is 24.1 Å². The third-order valence-corrected chi connectivity index (χ3v) is 2.50. The van der Waals surface area contributed by atoms with Crippen LogP contribution in [-0.4, -0.2) is 23.5 Å². The zero-order chi connectivity index (χ0) is 9.97. The number of aromatic hydroxyl groups is 1. The van der Waals surface area contributed by atoms with Gasteiger partial charge in [0.25, 0.3) is 0 Å². The van der Waals surface area contributed by atoms with Gasteiger partial charge >= 0.3 is 0 Å². The van der Waals surface area contributed by atoms with E-state index in [2.05, 4.69) is 5.32 Å². The Bertz CT molecular complexity index is 349. The lowest BCUT2D eigenvalue weighted by molar-refractivity contribution is -0.118. The molecule has 3 heteroatoms. The summed E-state index contributed by atoms with van der Waals surface area (Å²) in [4.78, 5) is 11.3. The van der Waals surface area contributed by atoms with E-state index < -0.39 is 0 Å². The molecule has 0 radical (unpaired) electrons. The molecule has 1 unspecified atom stereocenters. The molecule has 0 bridgehead atoms. The van der Waals surface area contributed by atoms with Gasteiger partial charge in [-0.3, -0.25) is 4.79 Å². The molecule has 1 aliphatic heterocycles. The number of nitrogens with one attached hydrogen (secondary N) is 1. The predicted octanol–water partition coefficient (Wildman–Crippen LogP) is 0.866. The summed E-state index contributed by atoms with van der Waals surface area (Å²) in [5.41, 5.74) is 0.998. The molecule has 3 nitrogen and oxygen atoms in total. The van der Waals surface area contributed by atoms with Gasteiger partial charge in [-0.2, -0.15) is 0 Å². The average Bonchev–Trinajstić information content (AvgIpc) is 2.52. The predicted molar refractivity (Wildman–Crippen MR) is 53.2 cm³/mol. The number of rotatable bonds is 2. The van der Waals surface area contributed by atoms with Crippen molar-refractivity contribution in [2.75, 3.05) is 6.54 Å². The molecule has 2 rings (SSSR count). The topological polar surface area (TPSA) is 49.3 Å². The Morgan fingerprint density at radius 3 is 3.00 bits per heavy atom. The summed E-state index contributed by atoms with van der Waals surface area (Å²) in [7, 11) is 0. The molecule has 1 aromatic rings. The van der Waals surface area contributed by atoms with Crippen LogP contribution >= 0.6 is 0 Å². The van der Waals surface area contributed by atoms with E-state index in [1.165, 1.54) is 0 Å². The van der Waals surface area contributed by atoms with E-state index in [1.807, 2.05) is 6.07 Å². The molecule has 1 saturated heterocycles. The zero-order valence-electron chi connectivity index (χ0n) is 7.86. The van der Waals surface area contributed by atoms with Crippen molar-refractivity contribution in [3.63, 3.8) is 0 Å². The largest absolute Gasteiger partial charge is 0.508 e. The lowest BCUT2D eigenvalue weighted by Crippen LogP contribution is -2.29. The van der Waals surface area contributed by atoms with Gasteiger partial charge < -0.3 is 10.4 Å². The number of ketones is 1. The molecule has 0 aromatic heterocycles. The fourth-order valence-electron chi connectivity index (χ4n) is 1.76. The highest BCUT2D eigenvalue weighted by Crippen LogP contribution is 2.14. The second-order valence-corrected chi connectivity index (χ2v) is 3.60. The van der Waals surface area contributed by atoms with E-state index >= 15 is 0 Å². The molecule has 14 heavy (non-hydrogen) atoms. The van der Waals surface area contributed by atoms with E-state index in [0.717, 1.165) is 12.1 Å². The maximum atomic E-state index is 11.3. The fourth-order valence-corrected chi connectivity index (χ4v) is 1.76. The van der Waals surface area contributed by atoms with Crippen molar-refractivity contribution in [3.05, 3.63) is 29.8 Å². The molecular weight excluding hydrogens is 178 g/mol. The summed E-state index contributed by atoms with van der Waals surface area (Å²) < 4.78 is 0. The first-order chi connectivity index (χ1) is 6.75. The van der Waals surface area contributed by atoms with Crippen molar-refractivity contribution >= 4 is 5.78 Å². The minimum Gasteiger partial charge on any atom is -0.508 e. The highest BCUT2D eigenvalue weighted by Gasteiger charge is 2.23. The molecule has 0 amide bonds. The lowest BCUT2D eigenvalue weighted by atomic mass is 10.0. The molecule has 1 aromatic carbocycles. The number of hydrogen-bond acceptors (Lipinski definition) is 3. The Hall–Kier alpha value is -1.35. The first-order valence-corrected chi connectivity index (χ1v) is 4.80. The van der Waals surface area contributed by atoms with Gasteiger partial charge in [0, 0.05) is 13.0 Å². The standard InChI is InChI=1S/C11H13NO2/c13-9-3-1-2-8(6-9)7-10-11(14)4-5-12-10/h1-3,6,10,12-13H,4-5,7H2. The third-order valence-electron chi connectivity index (χ3n) is 2.50. The maximum absolute atomic E-state index is 11.3. The Kier molecular flexibility index (Phi) is 2.50. The van der Waals surface area contributed by atoms with Crippen molar-refractivity contribution in [3.8, 4) is 5.75 Å². The average molecular weight is 191 g/mol. The summed E-state index contributed by atoms with van der Waals surface area (Å²) in [5.74, 6) is 0.529. The highest BCUT2D eigenvalue weighted by molar-refractivity contribution is 5.86. The summed E-state index contributed by atoms with van der Waals surface area (Å²) in [5, 5.41) is 12.4. The fraction of sp³-hybridized carbons (Fsp3) is 0.364. The number of hydrogen-bond donors (Lipinski definition) is 2. The van der Waals surface area contributed by atoms with Crippen molar-refractivity contribution in [2.45, 2.75) is 18.9 Å². The molecule has 0 spiro atoms. The number of carbonyl (C=O) groups is 1. The minimum atomic E-state index is -0.0585. The van der Waals surface area contributed by atoms with Crippen molar-refractivity contribution < 1.29 is 9.90 Å². The van der Waals surface area contributed by atoms with Gasteiger partial charge in [0.05, 0.1) is 6.04 Å². The van der Waals surface area contributed by atoms with Gasteiger partial charge in [0.15, 0.2) is 5.78 Å². The highest BCUT2D eigenvalue weighted by atomic mass is 16.3. The molecule has 1 atom stereocenters. The molecule has 2 N–H and O–H groups in total. The van der Waals surface area contributed by atoms with Gasteiger partial charge in [0.2, 0.25) is 0 Å². The molecule has 0 saturated carbocycles. The summed E-state index contributed by atoms with van der Waals surface area (Å²) >= 11 is 0. The number of phenols is 1. The number of carbonyl (C=O) groups excluding carboxylic acids is 1. The normalized spacial score (nSPS) is 21.4. The van der Waals surface area contributed by atoms with Gasteiger partial charge in [-0.1, -0.05) is 12.1 Å². The van der Waals surface area contributed by atoms with Crippen LogP contribution in [0.5, 0.6) is 5.75 Å². The maximum Gasteiger partial charge on any atom is 0.151 e. The van der Waals surface area contributed by atoms with E-state index in [0.29, 0.717) is 12.8 Å². The molecule has 0 aliphatic carbocycles. The molecule has 1 heterocycles. The number of phenolic OH excluding ortho intramolecular Hbond substituents is 1. The molecule has 1 aliphatic rings. The number of Topliss-reactive ketones (excluding diaryl/α,β-unsaturated/α-hetero) is 1. The first-order valence-electron chi connectivity index (χ1n) is 4.80. The minimum absolute atomic E-state index is 0.0585. The van der Waals surface area contributed by atoms with Crippen LogP contribution in [0.2, 0.25) is 0 Å². The van der Waals surface area contributed by atoms with Gasteiger partial charge in [0.1, 0.15) is 5.75 Å².